The molecule has 0 saturated heterocycles. The predicted molar refractivity (Wildman–Crippen MR) is 78.3 cm³/mol. The average molecular weight is 253 g/mol. The van der Waals surface area contributed by atoms with E-state index in [-0.39, 0.29) is 5.91 Å². The summed E-state index contributed by atoms with van der Waals surface area (Å²) in [5.74, 6) is 0.421. The number of benzene rings is 1. The fraction of sp³-hybridized carbons (Fsp3) is 0.0667. The molecule has 4 heteroatoms. The molecular weight excluding hydrogens is 238 g/mol. The zero-order valence-corrected chi connectivity index (χ0v) is 10.6. The van der Waals surface area contributed by atoms with Gasteiger partial charge in [-0.3, -0.25) is 4.79 Å². The molecule has 1 heterocycles. The van der Waals surface area contributed by atoms with E-state index in [4.69, 9.17) is 5.73 Å². The number of rotatable bonds is 3. The van der Waals surface area contributed by atoms with Gasteiger partial charge in [-0.1, -0.05) is 24.3 Å². The minimum absolute atomic E-state index is 0.129. The summed E-state index contributed by atoms with van der Waals surface area (Å²) in [5, 5.41) is 2.62. The van der Waals surface area contributed by atoms with E-state index in [1.54, 1.807) is 12.3 Å². The molecule has 0 aliphatic heterocycles. The summed E-state index contributed by atoms with van der Waals surface area (Å²) in [4.78, 5) is 15.0. The van der Waals surface area contributed by atoms with Crippen molar-refractivity contribution in [2.24, 2.45) is 0 Å². The third kappa shape index (κ3) is 3.96. The smallest absolute Gasteiger partial charge is 0.222 e. The SMILES string of the molecule is CC(=O)Nc1ccc(C=Cc2cccc(N)c2)cn1. The lowest BCUT2D eigenvalue weighted by atomic mass is 10.1. The average Bonchev–Trinajstić information content (AvgIpc) is 2.37. The number of nitrogens with zero attached hydrogens (tertiary/aromatic N) is 1. The van der Waals surface area contributed by atoms with Gasteiger partial charge in [0.1, 0.15) is 5.82 Å². The van der Waals surface area contributed by atoms with Crippen LogP contribution in [-0.4, -0.2) is 10.9 Å². The Morgan fingerprint density at radius 2 is 2.00 bits per heavy atom. The minimum atomic E-state index is -0.129. The lowest BCUT2D eigenvalue weighted by molar-refractivity contribution is -0.114. The van der Waals surface area contributed by atoms with Gasteiger partial charge in [-0.2, -0.15) is 0 Å². The Kier molecular flexibility index (Phi) is 3.93. The first kappa shape index (κ1) is 12.8. The van der Waals surface area contributed by atoms with Crippen LogP contribution in [0.25, 0.3) is 12.2 Å². The van der Waals surface area contributed by atoms with Crippen molar-refractivity contribution in [1.82, 2.24) is 4.98 Å². The number of nitrogens with two attached hydrogens (primary N) is 1. The molecule has 19 heavy (non-hydrogen) atoms. The number of hydrogen-bond acceptors (Lipinski definition) is 3. The molecular formula is C15H15N3O. The third-order valence-corrected chi connectivity index (χ3v) is 2.47. The number of pyridine rings is 1. The second-order valence-corrected chi connectivity index (χ2v) is 4.16. The van der Waals surface area contributed by atoms with Crippen molar-refractivity contribution in [2.75, 3.05) is 11.1 Å². The highest BCUT2D eigenvalue weighted by Crippen LogP contribution is 2.12. The zero-order valence-electron chi connectivity index (χ0n) is 10.6. The topological polar surface area (TPSA) is 68.0 Å². The van der Waals surface area contributed by atoms with Crippen LogP contribution in [0.5, 0.6) is 0 Å². The Morgan fingerprint density at radius 1 is 1.21 bits per heavy atom. The fourth-order valence-electron chi connectivity index (χ4n) is 1.61. The Morgan fingerprint density at radius 3 is 2.63 bits per heavy atom. The maximum Gasteiger partial charge on any atom is 0.222 e. The van der Waals surface area contributed by atoms with Gasteiger partial charge in [0.15, 0.2) is 0 Å². The van der Waals surface area contributed by atoms with Crippen LogP contribution < -0.4 is 11.1 Å². The number of carbonyl (C=O) groups is 1. The van der Waals surface area contributed by atoms with Crippen molar-refractivity contribution < 1.29 is 4.79 Å². The Balaban J connectivity index is 2.09. The number of anilines is 2. The van der Waals surface area contributed by atoms with Crippen molar-refractivity contribution in [3.05, 3.63) is 53.7 Å². The zero-order chi connectivity index (χ0) is 13.7. The number of nitrogens with one attached hydrogen (secondary N) is 1. The molecule has 0 aliphatic carbocycles. The molecule has 0 unspecified atom stereocenters. The molecule has 1 aromatic carbocycles. The summed E-state index contributed by atoms with van der Waals surface area (Å²) in [6, 6.07) is 11.3. The lowest BCUT2D eigenvalue weighted by Crippen LogP contribution is -2.06. The van der Waals surface area contributed by atoms with E-state index in [0.717, 1.165) is 16.8 Å². The van der Waals surface area contributed by atoms with E-state index < -0.39 is 0 Å². The maximum atomic E-state index is 10.9. The summed E-state index contributed by atoms with van der Waals surface area (Å²) < 4.78 is 0. The Bertz CT molecular complexity index is 603. The van der Waals surface area contributed by atoms with Gasteiger partial charge in [-0.25, -0.2) is 4.98 Å². The van der Waals surface area contributed by atoms with Crippen molar-refractivity contribution >= 4 is 29.6 Å². The van der Waals surface area contributed by atoms with Crippen LogP contribution in [0.2, 0.25) is 0 Å². The van der Waals surface area contributed by atoms with Gasteiger partial charge in [0.2, 0.25) is 5.91 Å². The van der Waals surface area contributed by atoms with E-state index in [1.807, 2.05) is 42.5 Å². The number of aromatic nitrogens is 1. The first-order chi connectivity index (χ1) is 9.13. The highest BCUT2D eigenvalue weighted by atomic mass is 16.1. The first-order valence-electron chi connectivity index (χ1n) is 5.91. The molecule has 2 rings (SSSR count). The van der Waals surface area contributed by atoms with Crippen LogP contribution in [0.1, 0.15) is 18.1 Å². The van der Waals surface area contributed by atoms with Gasteiger partial charge in [0.05, 0.1) is 0 Å². The summed E-state index contributed by atoms with van der Waals surface area (Å²) in [5.41, 5.74) is 8.43. The second-order valence-electron chi connectivity index (χ2n) is 4.16. The molecule has 0 radical (unpaired) electrons. The van der Waals surface area contributed by atoms with E-state index in [1.165, 1.54) is 6.92 Å². The quantitative estimate of drug-likeness (QED) is 0.826. The van der Waals surface area contributed by atoms with Gasteiger partial charge in [0, 0.05) is 18.8 Å². The molecule has 1 aromatic heterocycles. The minimum Gasteiger partial charge on any atom is -0.399 e. The lowest BCUT2D eigenvalue weighted by Gasteiger charge is -2.00. The number of nitrogen functional groups attached to an aromatic ring is 1. The largest absolute Gasteiger partial charge is 0.399 e. The van der Waals surface area contributed by atoms with Gasteiger partial charge < -0.3 is 11.1 Å². The first-order valence-corrected chi connectivity index (χ1v) is 5.91. The number of amides is 1. The Hall–Kier alpha value is -2.62. The van der Waals surface area contributed by atoms with E-state index in [2.05, 4.69) is 10.3 Å². The maximum absolute atomic E-state index is 10.9. The van der Waals surface area contributed by atoms with Gasteiger partial charge in [-0.05, 0) is 35.4 Å². The molecule has 96 valence electrons. The molecule has 0 spiro atoms. The van der Waals surface area contributed by atoms with Crippen LogP contribution in [-0.2, 0) is 4.79 Å². The number of hydrogen-bond donors (Lipinski definition) is 2. The summed E-state index contributed by atoms with van der Waals surface area (Å²) in [6.45, 7) is 1.45. The van der Waals surface area contributed by atoms with Gasteiger partial charge in [-0.15, -0.1) is 0 Å². The van der Waals surface area contributed by atoms with Crippen molar-refractivity contribution in [1.29, 1.82) is 0 Å². The van der Waals surface area contributed by atoms with Gasteiger partial charge >= 0.3 is 0 Å². The van der Waals surface area contributed by atoms with E-state index >= 15 is 0 Å². The third-order valence-electron chi connectivity index (χ3n) is 2.47. The molecule has 4 nitrogen and oxygen atoms in total. The molecule has 1 amide bonds. The van der Waals surface area contributed by atoms with E-state index in [9.17, 15) is 4.79 Å². The van der Waals surface area contributed by atoms with Crippen LogP contribution in [0.4, 0.5) is 11.5 Å². The van der Waals surface area contributed by atoms with Crippen LogP contribution in [0.15, 0.2) is 42.6 Å². The van der Waals surface area contributed by atoms with Crippen molar-refractivity contribution in [3.8, 4) is 0 Å². The molecule has 0 atom stereocenters. The molecule has 0 fully saturated rings. The van der Waals surface area contributed by atoms with Crippen LogP contribution >= 0.6 is 0 Å². The van der Waals surface area contributed by atoms with Crippen molar-refractivity contribution in [2.45, 2.75) is 6.92 Å². The molecule has 0 saturated carbocycles. The normalized spacial score (nSPS) is 10.6. The molecule has 2 aromatic rings. The Labute approximate surface area is 112 Å². The molecule has 0 bridgehead atoms. The molecule has 0 aliphatic rings. The fourth-order valence-corrected chi connectivity index (χ4v) is 1.61. The van der Waals surface area contributed by atoms with Crippen molar-refractivity contribution in [3.63, 3.8) is 0 Å². The van der Waals surface area contributed by atoms with Crippen LogP contribution in [0.3, 0.4) is 0 Å². The highest BCUT2D eigenvalue weighted by Gasteiger charge is 1.96. The number of carbonyl (C=O) groups excluding carboxylic acids is 1. The predicted octanol–water partition coefficient (Wildman–Crippen LogP) is 2.79. The highest BCUT2D eigenvalue weighted by molar-refractivity contribution is 5.87. The standard InChI is InChI=1S/C15H15N3O/c1-11(19)18-15-8-7-13(10-17-15)6-5-12-3-2-4-14(16)9-12/h2-10H,16H2,1H3,(H,17,18,19). The summed E-state index contributed by atoms with van der Waals surface area (Å²) >= 11 is 0. The summed E-state index contributed by atoms with van der Waals surface area (Å²) in [7, 11) is 0. The van der Waals surface area contributed by atoms with Gasteiger partial charge in [0.25, 0.3) is 0 Å². The summed E-state index contributed by atoms with van der Waals surface area (Å²) in [6.07, 6.45) is 5.61. The monoisotopic (exact) mass is 253 g/mol. The second kappa shape index (κ2) is 5.82. The molecule has 3 N–H and O–H groups in total. The van der Waals surface area contributed by atoms with Crippen LogP contribution in [0, 0.1) is 0 Å². The van der Waals surface area contributed by atoms with E-state index in [0.29, 0.717) is 5.82 Å².